The van der Waals surface area contributed by atoms with E-state index in [-0.39, 0.29) is 16.8 Å². The quantitative estimate of drug-likeness (QED) is 0.842. The lowest BCUT2D eigenvalue weighted by Crippen LogP contribution is -2.27. The van der Waals surface area contributed by atoms with Crippen molar-refractivity contribution in [1.29, 1.82) is 0 Å². The van der Waals surface area contributed by atoms with Crippen molar-refractivity contribution in [3.63, 3.8) is 0 Å². The summed E-state index contributed by atoms with van der Waals surface area (Å²) in [5, 5.41) is 3.24. The number of sulfonamides is 1. The van der Waals surface area contributed by atoms with Crippen LogP contribution in [0.3, 0.4) is 0 Å². The van der Waals surface area contributed by atoms with E-state index in [4.69, 9.17) is 0 Å². The Balaban J connectivity index is 1.65. The summed E-state index contributed by atoms with van der Waals surface area (Å²) in [6.07, 6.45) is 3.69. The van der Waals surface area contributed by atoms with Crippen LogP contribution in [0.1, 0.15) is 6.42 Å². The third-order valence-electron chi connectivity index (χ3n) is 3.89. The summed E-state index contributed by atoms with van der Waals surface area (Å²) in [6.45, 7) is 1.30. The van der Waals surface area contributed by atoms with Crippen LogP contribution in [0.4, 0.5) is 16.0 Å². The van der Waals surface area contributed by atoms with Gasteiger partial charge in [0.15, 0.2) is 11.6 Å². The van der Waals surface area contributed by atoms with Crippen molar-refractivity contribution >= 4 is 21.7 Å². The molecule has 1 saturated heterocycles. The SMILES string of the molecule is CNS(=O)(=O)c1ccc(NC2CCN(c3ncccc3F)C2)nc1. The van der Waals surface area contributed by atoms with Crippen LogP contribution in [0.15, 0.2) is 41.6 Å². The van der Waals surface area contributed by atoms with E-state index in [1.807, 2.05) is 4.90 Å². The minimum atomic E-state index is -3.49. The molecule has 2 N–H and O–H groups in total. The zero-order chi connectivity index (χ0) is 17.2. The molecule has 7 nitrogen and oxygen atoms in total. The van der Waals surface area contributed by atoms with Crippen molar-refractivity contribution in [1.82, 2.24) is 14.7 Å². The Kier molecular flexibility index (Phi) is 4.63. The molecule has 1 aliphatic rings. The summed E-state index contributed by atoms with van der Waals surface area (Å²) in [5.74, 6) is 0.599. The summed E-state index contributed by atoms with van der Waals surface area (Å²) in [7, 11) is -2.14. The molecule has 0 amide bonds. The van der Waals surface area contributed by atoms with Gasteiger partial charge in [0.05, 0.1) is 0 Å². The van der Waals surface area contributed by atoms with Gasteiger partial charge in [0.25, 0.3) is 0 Å². The summed E-state index contributed by atoms with van der Waals surface area (Å²) in [6, 6.07) is 6.16. The average Bonchev–Trinajstić information content (AvgIpc) is 3.04. The lowest BCUT2D eigenvalue weighted by Gasteiger charge is -2.18. The molecule has 24 heavy (non-hydrogen) atoms. The number of anilines is 2. The maximum absolute atomic E-state index is 13.8. The van der Waals surface area contributed by atoms with Crippen molar-refractivity contribution in [3.05, 3.63) is 42.5 Å². The van der Waals surface area contributed by atoms with Crippen molar-refractivity contribution in [2.75, 3.05) is 30.4 Å². The molecule has 1 aliphatic heterocycles. The van der Waals surface area contributed by atoms with Crippen molar-refractivity contribution < 1.29 is 12.8 Å². The maximum Gasteiger partial charge on any atom is 0.241 e. The van der Waals surface area contributed by atoms with E-state index in [9.17, 15) is 12.8 Å². The Morgan fingerprint density at radius 3 is 2.79 bits per heavy atom. The van der Waals surface area contributed by atoms with Gasteiger partial charge < -0.3 is 10.2 Å². The third kappa shape index (κ3) is 3.46. The smallest absolute Gasteiger partial charge is 0.241 e. The Morgan fingerprint density at radius 2 is 2.12 bits per heavy atom. The topological polar surface area (TPSA) is 87.2 Å². The minimum Gasteiger partial charge on any atom is -0.365 e. The van der Waals surface area contributed by atoms with Crippen molar-refractivity contribution in [2.45, 2.75) is 17.4 Å². The van der Waals surface area contributed by atoms with Crippen LogP contribution < -0.4 is 14.9 Å². The van der Waals surface area contributed by atoms with E-state index in [0.717, 1.165) is 6.42 Å². The zero-order valence-electron chi connectivity index (χ0n) is 13.1. The molecule has 3 heterocycles. The number of hydrogen-bond acceptors (Lipinski definition) is 6. The lowest BCUT2D eigenvalue weighted by atomic mass is 10.2. The van der Waals surface area contributed by atoms with Crippen LogP contribution in [-0.2, 0) is 10.0 Å². The fraction of sp³-hybridized carbons (Fsp3) is 0.333. The molecule has 0 aliphatic carbocycles. The summed E-state index contributed by atoms with van der Waals surface area (Å²) < 4.78 is 39.4. The maximum atomic E-state index is 13.8. The van der Waals surface area contributed by atoms with Crippen LogP contribution in [0.2, 0.25) is 0 Å². The van der Waals surface area contributed by atoms with Crippen LogP contribution in [0, 0.1) is 5.82 Å². The molecule has 0 aromatic carbocycles. The number of nitrogens with one attached hydrogen (secondary N) is 2. The van der Waals surface area contributed by atoms with Crippen LogP contribution in [-0.4, -0.2) is 44.6 Å². The second kappa shape index (κ2) is 6.70. The first kappa shape index (κ1) is 16.6. The lowest BCUT2D eigenvalue weighted by molar-refractivity contribution is 0.588. The van der Waals surface area contributed by atoms with Gasteiger partial charge in [-0.25, -0.2) is 27.5 Å². The van der Waals surface area contributed by atoms with Gasteiger partial charge in [0.2, 0.25) is 10.0 Å². The van der Waals surface area contributed by atoms with Gasteiger partial charge in [-0.3, -0.25) is 0 Å². The Labute approximate surface area is 140 Å². The number of aromatic nitrogens is 2. The van der Waals surface area contributed by atoms with Gasteiger partial charge in [0, 0.05) is 31.5 Å². The second-order valence-corrected chi connectivity index (χ2v) is 7.36. The molecular weight excluding hydrogens is 333 g/mol. The van der Waals surface area contributed by atoms with Gasteiger partial charge in [-0.15, -0.1) is 0 Å². The second-order valence-electron chi connectivity index (χ2n) is 5.47. The highest BCUT2D eigenvalue weighted by Crippen LogP contribution is 2.22. The first-order valence-corrected chi connectivity index (χ1v) is 8.99. The van der Waals surface area contributed by atoms with Crippen LogP contribution in [0.25, 0.3) is 0 Å². The molecule has 0 radical (unpaired) electrons. The molecule has 1 fully saturated rings. The monoisotopic (exact) mass is 351 g/mol. The van der Waals surface area contributed by atoms with Crippen molar-refractivity contribution in [3.8, 4) is 0 Å². The minimum absolute atomic E-state index is 0.0886. The summed E-state index contributed by atoms with van der Waals surface area (Å²) in [4.78, 5) is 10.2. The Bertz CT molecular complexity index is 813. The van der Waals surface area contributed by atoms with Gasteiger partial charge in [0.1, 0.15) is 10.7 Å². The molecule has 1 unspecified atom stereocenters. The molecule has 128 valence electrons. The third-order valence-corrected chi connectivity index (χ3v) is 5.29. The van der Waals surface area contributed by atoms with E-state index < -0.39 is 10.0 Å². The molecular formula is C15H18FN5O2S. The highest BCUT2D eigenvalue weighted by molar-refractivity contribution is 7.89. The van der Waals surface area contributed by atoms with Crippen LogP contribution in [0.5, 0.6) is 0 Å². The summed E-state index contributed by atoms with van der Waals surface area (Å²) in [5.41, 5.74) is 0. The highest BCUT2D eigenvalue weighted by Gasteiger charge is 2.25. The summed E-state index contributed by atoms with van der Waals surface area (Å²) >= 11 is 0. The average molecular weight is 351 g/mol. The number of hydrogen-bond donors (Lipinski definition) is 2. The fourth-order valence-corrected chi connectivity index (χ4v) is 3.31. The van der Waals surface area contributed by atoms with Crippen LogP contribution >= 0.6 is 0 Å². The Hall–Kier alpha value is -2.26. The van der Waals surface area contributed by atoms with Gasteiger partial charge >= 0.3 is 0 Å². The number of halogens is 1. The number of nitrogens with zero attached hydrogens (tertiary/aromatic N) is 3. The van der Waals surface area contributed by atoms with Gasteiger partial charge in [-0.2, -0.15) is 0 Å². The molecule has 9 heteroatoms. The van der Waals surface area contributed by atoms with Crippen molar-refractivity contribution in [2.24, 2.45) is 0 Å². The standard InChI is InChI=1S/C15H18FN5O2S/c1-17-24(22,23)12-4-5-14(19-9-12)20-11-6-8-21(10-11)15-13(16)3-2-7-18-15/h2-5,7,9,11,17H,6,8,10H2,1H3,(H,19,20). The number of pyridine rings is 2. The van der Waals surface area contributed by atoms with Gasteiger partial charge in [-0.05, 0) is 37.7 Å². The number of rotatable bonds is 5. The Morgan fingerprint density at radius 1 is 1.29 bits per heavy atom. The molecule has 3 rings (SSSR count). The first-order chi connectivity index (χ1) is 11.5. The van der Waals surface area contributed by atoms with Gasteiger partial charge in [-0.1, -0.05) is 0 Å². The predicted octanol–water partition coefficient (Wildman–Crippen LogP) is 1.21. The fourth-order valence-electron chi connectivity index (χ4n) is 2.63. The van der Waals surface area contributed by atoms with E-state index in [1.165, 1.54) is 25.4 Å². The first-order valence-electron chi connectivity index (χ1n) is 7.51. The molecule has 1 atom stereocenters. The molecule has 0 saturated carbocycles. The van der Waals surface area contributed by atoms with E-state index >= 15 is 0 Å². The predicted molar refractivity (Wildman–Crippen MR) is 88.9 cm³/mol. The molecule has 2 aromatic rings. The normalized spacial score (nSPS) is 17.9. The molecule has 2 aromatic heterocycles. The van der Waals surface area contributed by atoms with E-state index in [2.05, 4.69) is 20.0 Å². The highest BCUT2D eigenvalue weighted by atomic mass is 32.2. The zero-order valence-corrected chi connectivity index (χ0v) is 13.9. The molecule has 0 bridgehead atoms. The van der Waals surface area contributed by atoms with E-state index in [1.54, 1.807) is 18.3 Å². The largest absolute Gasteiger partial charge is 0.365 e. The van der Waals surface area contributed by atoms with E-state index in [0.29, 0.717) is 24.7 Å². The molecule has 0 spiro atoms.